The van der Waals surface area contributed by atoms with Crippen molar-refractivity contribution in [3.63, 3.8) is 0 Å². The number of amides is 1. The molecule has 1 N–H and O–H groups in total. The van der Waals surface area contributed by atoms with Crippen LogP contribution in [0.15, 0.2) is 48.5 Å². The molecule has 1 amide bonds. The number of nitrogens with zero attached hydrogens (tertiary/aromatic N) is 3. The molecule has 3 aromatic rings. The minimum atomic E-state index is -0.0848. The lowest BCUT2D eigenvalue weighted by Gasteiger charge is -2.28. The van der Waals surface area contributed by atoms with E-state index in [1.165, 1.54) is 11.1 Å². The Bertz CT molecular complexity index is 946. The molecule has 5 heteroatoms. The van der Waals surface area contributed by atoms with Gasteiger partial charge >= 0.3 is 0 Å². The van der Waals surface area contributed by atoms with Gasteiger partial charge < -0.3 is 5.32 Å². The van der Waals surface area contributed by atoms with Crippen molar-refractivity contribution in [1.29, 1.82) is 0 Å². The highest BCUT2D eigenvalue weighted by Crippen LogP contribution is 2.19. The van der Waals surface area contributed by atoms with Gasteiger partial charge in [0.1, 0.15) is 0 Å². The van der Waals surface area contributed by atoms with Gasteiger partial charge in [-0.15, -0.1) is 0 Å². The predicted molar refractivity (Wildman–Crippen MR) is 108 cm³/mol. The first-order chi connectivity index (χ1) is 13.3. The lowest BCUT2D eigenvalue weighted by atomic mass is 10.00. The van der Waals surface area contributed by atoms with Gasteiger partial charge in [0.2, 0.25) is 0 Å². The van der Waals surface area contributed by atoms with E-state index in [0.717, 1.165) is 49.9 Å². The van der Waals surface area contributed by atoms with Gasteiger partial charge in [-0.05, 0) is 30.0 Å². The molecule has 0 unspecified atom stereocenters. The van der Waals surface area contributed by atoms with Crippen LogP contribution in [0.25, 0.3) is 10.9 Å². The normalized spacial score (nSPS) is 14.3. The highest BCUT2D eigenvalue weighted by atomic mass is 16.1. The van der Waals surface area contributed by atoms with Gasteiger partial charge in [0.05, 0.1) is 5.52 Å². The number of hydrogen-bond donors (Lipinski definition) is 1. The molecular weight excluding hydrogens is 336 g/mol. The Kier molecular flexibility index (Phi) is 5.21. The van der Waals surface area contributed by atoms with Gasteiger partial charge in [-0.1, -0.05) is 49.4 Å². The van der Waals surface area contributed by atoms with E-state index in [1.54, 1.807) is 0 Å². The fourth-order valence-electron chi connectivity index (χ4n) is 3.83. The second-order valence-corrected chi connectivity index (χ2v) is 7.14. The molecule has 4 rings (SSSR count). The minimum Gasteiger partial charge on any atom is -0.349 e. The van der Waals surface area contributed by atoms with Gasteiger partial charge in [-0.3, -0.25) is 14.4 Å². The molecule has 1 aliphatic heterocycles. The summed E-state index contributed by atoms with van der Waals surface area (Å²) in [6.07, 6.45) is 2.07. The molecule has 2 heterocycles. The molecule has 0 atom stereocenters. The number of benzene rings is 2. The third-order valence-electron chi connectivity index (χ3n) is 5.23. The molecule has 0 bridgehead atoms. The molecule has 0 aliphatic carbocycles. The average Bonchev–Trinajstić information content (AvgIpc) is 3.07. The standard InChI is InChI=1S/C22H26N4O/c1-2-13-26-20-10-6-5-9-19(20)21(24-26)22(27)23-12-15-25-14-11-17-7-3-4-8-18(17)16-25/h3-10H,2,11-16H2,1H3,(H,23,27). The SMILES string of the molecule is CCCn1nc(C(=O)NCCN2CCc3ccccc3C2)c2ccccc21. The molecular formula is C22H26N4O. The van der Waals surface area contributed by atoms with E-state index in [4.69, 9.17) is 0 Å². The Hall–Kier alpha value is -2.66. The van der Waals surface area contributed by atoms with Crippen molar-refractivity contribution in [2.75, 3.05) is 19.6 Å². The quantitative estimate of drug-likeness (QED) is 0.732. The fraction of sp³-hybridized carbons (Fsp3) is 0.364. The molecule has 27 heavy (non-hydrogen) atoms. The molecule has 2 aromatic carbocycles. The van der Waals surface area contributed by atoms with Gasteiger partial charge in [0, 0.05) is 38.1 Å². The molecule has 0 saturated carbocycles. The second-order valence-electron chi connectivity index (χ2n) is 7.14. The van der Waals surface area contributed by atoms with E-state index in [2.05, 4.69) is 46.5 Å². The van der Waals surface area contributed by atoms with E-state index in [0.29, 0.717) is 12.2 Å². The second kappa shape index (κ2) is 7.92. The van der Waals surface area contributed by atoms with Crippen LogP contribution >= 0.6 is 0 Å². The zero-order chi connectivity index (χ0) is 18.6. The Labute approximate surface area is 160 Å². The Morgan fingerprint density at radius 3 is 2.70 bits per heavy atom. The first kappa shape index (κ1) is 17.7. The van der Waals surface area contributed by atoms with Crippen LogP contribution in [0.2, 0.25) is 0 Å². The molecule has 5 nitrogen and oxygen atoms in total. The van der Waals surface area contributed by atoms with Crippen LogP contribution in [0.3, 0.4) is 0 Å². The molecule has 140 valence electrons. The number of nitrogens with one attached hydrogen (secondary N) is 1. The van der Waals surface area contributed by atoms with Crippen molar-refractivity contribution < 1.29 is 4.79 Å². The van der Waals surface area contributed by atoms with Crippen LogP contribution in [0.5, 0.6) is 0 Å². The van der Waals surface area contributed by atoms with Crippen molar-refractivity contribution >= 4 is 16.8 Å². The Morgan fingerprint density at radius 2 is 1.85 bits per heavy atom. The zero-order valence-electron chi connectivity index (χ0n) is 15.8. The number of carbonyl (C=O) groups is 1. The summed E-state index contributed by atoms with van der Waals surface area (Å²) in [5.41, 5.74) is 4.41. The predicted octanol–water partition coefficient (Wildman–Crippen LogP) is 3.23. The van der Waals surface area contributed by atoms with Crippen LogP contribution < -0.4 is 5.32 Å². The largest absolute Gasteiger partial charge is 0.349 e. The highest BCUT2D eigenvalue weighted by molar-refractivity contribution is 6.04. The summed E-state index contributed by atoms with van der Waals surface area (Å²) < 4.78 is 1.94. The van der Waals surface area contributed by atoms with Gasteiger partial charge in [0.25, 0.3) is 5.91 Å². The van der Waals surface area contributed by atoms with Crippen molar-refractivity contribution in [3.05, 3.63) is 65.4 Å². The van der Waals surface area contributed by atoms with E-state index in [1.807, 2.05) is 28.9 Å². The fourth-order valence-corrected chi connectivity index (χ4v) is 3.83. The number of hydrogen-bond acceptors (Lipinski definition) is 3. The summed E-state index contributed by atoms with van der Waals surface area (Å²) in [6, 6.07) is 16.6. The third kappa shape index (κ3) is 3.74. The Balaban J connectivity index is 1.38. The molecule has 0 saturated heterocycles. The number of fused-ring (bicyclic) bond motifs is 2. The lowest BCUT2D eigenvalue weighted by Crippen LogP contribution is -2.38. The number of aromatic nitrogens is 2. The topological polar surface area (TPSA) is 50.2 Å². The molecule has 1 aliphatic rings. The van der Waals surface area contributed by atoms with Gasteiger partial charge in [0.15, 0.2) is 5.69 Å². The van der Waals surface area contributed by atoms with Gasteiger partial charge in [-0.25, -0.2) is 0 Å². The minimum absolute atomic E-state index is 0.0848. The Morgan fingerprint density at radius 1 is 1.07 bits per heavy atom. The van der Waals surface area contributed by atoms with Crippen LogP contribution in [0.4, 0.5) is 0 Å². The van der Waals surface area contributed by atoms with E-state index < -0.39 is 0 Å². The van der Waals surface area contributed by atoms with Gasteiger partial charge in [-0.2, -0.15) is 5.10 Å². The maximum atomic E-state index is 12.7. The maximum Gasteiger partial charge on any atom is 0.272 e. The monoisotopic (exact) mass is 362 g/mol. The first-order valence-electron chi connectivity index (χ1n) is 9.79. The lowest BCUT2D eigenvalue weighted by molar-refractivity contribution is 0.0943. The van der Waals surface area contributed by atoms with E-state index in [9.17, 15) is 4.79 Å². The molecule has 0 radical (unpaired) electrons. The number of aryl methyl sites for hydroxylation is 1. The summed E-state index contributed by atoms with van der Waals surface area (Å²) in [5, 5.41) is 8.55. The summed E-state index contributed by atoms with van der Waals surface area (Å²) in [5.74, 6) is -0.0848. The van der Waals surface area contributed by atoms with Crippen LogP contribution in [-0.2, 0) is 19.5 Å². The van der Waals surface area contributed by atoms with E-state index >= 15 is 0 Å². The number of carbonyl (C=O) groups excluding carboxylic acids is 1. The highest BCUT2D eigenvalue weighted by Gasteiger charge is 2.18. The van der Waals surface area contributed by atoms with Crippen molar-refractivity contribution in [3.8, 4) is 0 Å². The average molecular weight is 362 g/mol. The molecule has 1 aromatic heterocycles. The van der Waals surface area contributed by atoms with Crippen LogP contribution in [0, 0.1) is 0 Å². The summed E-state index contributed by atoms with van der Waals surface area (Å²) in [4.78, 5) is 15.1. The number of rotatable bonds is 6. The van der Waals surface area contributed by atoms with Crippen molar-refractivity contribution in [2.24, 2.45) is 0 Å². The van der Waals surface area contributed by atoms with Crippen LogP contribution in [0.1, 0.15) is 35.0 Å². The molecule has 0 spiro atoms. The van der Waals surface area contributed by atoms with E-state index in [-0.39, 0.29) is 5.91 Å². The molecule has 0 fully saturated rings. The summed E-state index contributed by atoms with van der Waals surface area (Å²) in [6.45, 7) is 6.43. The zero-order valence-corrected chi connectivity index (χ0v) is 15.8. The first-order valence-corrected chi connectivity index (χ1v) is 9.79. The smallest absolute Gasteiger partial charge is 0.272 e. The van der Waals surface area contributed by atoms with Crippen molar-refractivity contribution in [2.45, 2.75) is 32.9 Å². The summed E-state index contributed by atoms with van der Waals surface area (Å²) >= 11 is 0. The number of para-hydroxylation sites is 1. The van der Waals surface area contributed by atoms with Crippen LogP contribution in [-0.4, -0.2) is 40.2 Å². The third-order valence-corrected chi connectivity index (χ3v) is 5.23. The summed E-state index contributed by atoms with van der Waals surface area (Å²) in [7, 11) is 0. The van der Waals surface area contributed by atoms with Crippen molar-refractivity contribution in [1.82, 2.24) is 20.0 Å². The maximum absolute atomic E-state index is 12.7.